The minimum atomic E-state index is -0.162. The molecule has 4 heteroatoms. The third-order valence-electron chi connectivity index (χ3n) is 0.200. The number of rotatable bonds is 0. The lowest BCUT2D eigenvalue weighted by Crippen LogP contribution is -1.78. The highest BCUT2D eigenvalue weighted by atomic mass is 27.2. The first-order valence-electron chi connectivity index (χ1n) is 0.876. The molecule has 1 aliphatic heterocycles. The molecule has 0 amide bonds. The minimum absolute atomic E-state index is 0.162. The van der Waals surface area contributed by atoms with Gasteiger partial charge in [0.05, 0.1) is 0 Å². The first kappa shape index (κ1) is 2.64. The second-order valence-corrected chi connectivity index (χ2v) is 1.38. The Kier molecular flexibility index (Phi) is 0.447. The average Bonchev–Trinajstić information content (AvgIpc) is 1.75. The zero-order chi connectivity index (χ0) is 2.99. The van der Waals surface area contributed by atoms with E-state index in [-0.39, 0.29) is 15.8 Å². The standard InChI is InChI=1S/Al.HNO2/c;2-1-3/h;2H/q+2;-2. The van der Waals surface area contributed by atoms with Crippen LogP contribution in [0.15, 0.2) is 0 Å². The molecule has 3 nitrogen and oxygen atoms in total. The van der Waals surface area contributed by atoms with E-state index in [1.165, 1.54) is 0 Å². The predicted molar refractivity (Wildman–Crippen MR) is 10.5 cm³/mol. The molecular formula is HAlNO2. The smallest absolute Gasteiger partial charge is 0.402 e. The Labute approximate surface area is 30.0 Å². The highest BCUT2D eigenvalue weighted by molar-refractivity contribution is 6.29. The fraction of sp³-hybridized carbons (Fsp3) is 0. The van der Waals surface area contributed by atoms with Crippen LogP contribution in [0.3, 0.4) is 0 Å². The van der Waals surface area contributed by atoms with Crippen LogP contribution in [0.25, 0.3) is 0 Å². The molecule has 0 saturated carbocycles. The Morgan fingerprint density at radius 3 is 2.25 bits per heavy atom. The summed E-state index contributed by atoms with van der Waals surface area (Å²) in [6.07, 6.45) is 0. The van der Waals surface area contributed by atoms with E-state index in [1.54, 1.807) is 0 Å². The van der Waals surface area contributed by atoms with Crippen molar-refractivity contribution in [3.05, 3.63) is 0 Å². The Balaban J connectivity index is 2.17. The maximum atomic E-state index is 7.81. The fourth-order valence-corrected chi connectivity index (χ4v) is 0.0632. The highest BCUT2D eigenvalue weighted by Gasteiger charge is 2.22. The Hall–Kier alpha value is 0.412. The molecule has 0 aromatic heterocycles. The molecule has 21 valence electrons. The highest BCUT2D eigenvalue weighted by Crippen LogP contribution is 1.91. The normalized spacial score (nSPS) is 37.8. The zero-order valence-corrected chi connectivity index (χ0v) is 3.03. The van der Waals surface area contributed by atoms with Crippen molar-refractivity contribution in [3.63, 3.8) is 0 Å². The van der Waals surface area contributed by atoms with E-state index in [2.05, 4.69) is 3.89 Å². The maximum absolute atomic E-state index is 7.81. The topological polar surface area (TPSA) is 35.8 Å². The first-order chi connectivity index (χ1) is 1.89. The molecular weight excluding hydrogens is 73.0 g/mol. The molecule has 1 radical (unpaired) electrons. The quantitative estimate of drug-likeness (QED) is 0.300. The largest absolute Gasteiger partial charge is 0.644 e. The summed E-state index contributed by atoms with van der Waals surface area (Å²) in [6.45, 7) is 0. The second-order valence-electron chi connectivity index (χ2n) is 0.513. The van der Waals surface area contributed by atoms with E-state index in [1.807, 2.05) is 0 Å². The van der Waals surface area contributed by atoms with Crippen molar-refractivity contribution in [2.75, 3.05) is 0 Å². The molecule has 1 aliphatic rings. The van der Waals surface area contributed by atoms with Crippen LogP contribution in [-0.2, 0) is 3.89 Å². The van der Waals surface area contributed by atoms with Crippen molar-refractivity contribution in [1.29, 1.82) is 0 Å². The average molecular weight is 74.0 g/mol. The second kappa shape index (κ2) is 0.678. The molecule has 1 unspecified atom stereocenters. The van der Waals surface area contributed by atoms with Gasteiger partial charge in [-0.1, -0.05) is 0 Å². The van der Waals surface area contributed by atoms with Gasteiger partial charge in [0.15, 0.2) is 0 Å². The van der Waals surface area contributed by atoms with Crippen LogP contribution < -0.4 is 0 Å². The van der Waals surface area contributed by atoms with Crippen molar-refractivity contribution in [3.8, 4) is 0 Å². The summed E-state index contributed by atoms with van der Waals surface area (Å²) >= 11 is -0.162. The summed E-state index contributed by atoms with van der Waals surface area (Å²) in [6, 6.07) is 0. The lowest BCUT2D eigenvalue weighted by Gasteiger charge is -1.70. The lowest BCUT2D eigenvalue weighted by molar-refractivity contribution is -0.0966. The molecule has 0 bridgehead atoms. The van der Waals surface area contributed by atoms with Gasteiger partial charge in [-0.3, -0.25) is 0 Å². The van der Waals surface area contributed by atoms with Gasteiger partial charge < -0.3 is 9.10 Å². The van der Waals surface area contributed by atoms with E-state index >= 15 is 0 Å². The Morgan fingerprint density at radius 1 is 2.00 bits per heavy atom. The van der Waals surface area contributed by atoms with Crippen LogP contribution in [0.2, 0.25) is 0 Å². The van der Waals surface area contributed by atoms with E-state index in [0.717, 1.165) is 4.21 Å². The molecule has 1 fully saturated rings. The molecule has 4 heavy (non-hydrogen) atoms. The maximum Gasteiger partial charge on any atom is 0.644 e. The van der Waals surface area contributed by atoms with Gasteiger partial charge in [-0.15, -0.1) is 0 Å². The third kappa shape index (κ3) is 0.413. The summed E-state index contributed by atoms with van der Waals surface area (Å²) < 4.78 is 5.01. The summed E-state index contributed by atoms with van der Waals surface area (Å²) in [5.74, 6) is 0. The van der Waals surface area contributed by atoms with Crippen LogP contribution in [0.4, 0.5) is 0 Å². The zero-order valence-electron chi connectivity index (χ0n) is 1.88. The Bertz CT molecular complexity index is 25.2. The van der Waals surface area contributed by atoms with Gasteiger partial charge >= 0.3 is 15.8 Å². The third-order valence-corrected chi connectivity index (χ3v) is 0.599. The molecule has 1 saturated heterocycles. The van der Waals surface area contributed by atoms with Gasteiger partial charge in [0, 0.05) is 0 Å². The minimum Gasteiger partial charge on any atom is -0.402 e. The van der Waals surface area contributed by atoms with Crippen molar-refractivity contribution in [2.45, 2.75) is 0 Å². The summed E-state index contributed by atoms with van der Waals surface area (Å²) in [5, 5.41) is 7.81. The Morgan fingerprint density at radius 2 is 2.25 bits per heavy atom. The molecule has 0 aliphatic carbocycles. The van der Waals surface area contributed by atoms with Crippen molar-refractivity contribution in [2.24, 2.45) is 0 Å². The van der Waals surface area contributed by atoms with Gasteiger partial charge in [0.2, 0.25) is 0 Å². The van der Waals surface area contributed by atoms with Gasteiger partial charge in [-0.05, 0) is 0 Å². The van der Waals surface area contributed by atoms with Crippen LogP contribution in [0.5, 0.6) is 0 Å². The summed E-state index contributed by atoms with van der Waals surface area (Å²) in [5.41, 5.74) is 0. The van der Waals surface area contributed by atoms with E-state index < -0.39 is 0 Å². The van der Waals surface area contributed by atoms with Crippen molar-refractivity contribution >= 4 is 15.8 Å². The molecule has 1 rings (SSSR count). The molecule has 0 aromatic carbocycles. The van der Waals surface area contributed by atoms with E-state index in [4.69, 9.17) is 5.21 Å². The van der Waals surface area contributed by atoms with Gasteiger partial charge in [0.25, 0.3) is 0 Å². The van der Waals surface area contributed by atoms with Gasteiger partial charge in [0.1, 0.15) is 0 Å². The monoisotopic (exact) mass is 74.0 g/mol. The van der Waals surface area contributed by atoms with Crippen LogP contribution in [-0.4, -0.2) is 25.2 Å². The number of nitrogens with zero attached hydrogens (tertiary/aromatic N) is 1. The lowest BCUT2D eigenvalue weighted by atomic mass is 13.2. The fourth-order valence-electron chi connectivity index (χ4n) is 0.0211. The molecule has 1 N–H and O–H groups in total. The SMILES string of the molecule is O[N]1[O][Al]1. The van der Waals surface area contributed by atoms with Crippen LogP contribution >= 0.6 is 0 Å². The predicted octanol–water partition coefficient (Wildman–Crippen LogP) is -0.843. The molecule has 1 atom stereocenters. The van der Waals surface area contributed by atoms with Crippen LogP contribution in [0, 0.1) is 0 Å². The number of hydrogen-bond donors (Lipinski definition) is 1. The van der Waals surface area contributed by atoms with Crippen molar-refractivity contribution in [1.82, 2.24) is 4.21 Å². The summed E-state index contributed by atoms with van der Waals surface area (Å²) in [4.78, 5) is 0. The summed E-state index contributed by atoms with van der Waals surface area (Å²) in [7, 11) is 0. The van der Waals surface area contributed by atoms with E-state index in [9.17, 15) is 0 Å². The van der Waals surface area contributed by atoms with Crippen molar-refractivity contribution < 1.29 is 9.10 Å². The molecule has 0 spiro atoms. The van der Waals surface area contributed by atoms with Gasteiger partial charge in [-0.25, -0.2) is 0 Å². The number of hydrogen-bond acceptors (Lipinski definition) is 3. The molecule has 0 aromatic rings. The van der Waals surface area contributed by atoms with E-state index in [0.29, 0.717) is 0 Å². The molecule has 1 heterocycles. The van der Waals surface area contributed by atoms with Gasteiger partial charge in [-0.2, -0.15) is 4.21 Å². The van der Waals surface area contributed by atoms with Crippen LogP contribution in [0.1, 0.15) is 0 Å². The first-order valence-corrected chi connectivity index (χ1v) is 1.86.